The monoisotopic (exact) mass is 286 g/mol. The van der Waals surface area contributed by atoms with E-state index in [1.54, 1.807) is 0 Å². The number of rotatable bonds is 3. The van der Waals surface area contributed by atoms with Gasteiger partial charge in [0, 0.05) is 19.1 Å². The van der Waals surface area contributed by atoms with E-state index in [4.69, 9.17) is 11.6 Å². The van der Waals surface area contributed by atoms with Gasteiger partial charge in [-0.1, -0.05) is 0 Å². The number of likely N-dealkylation sites (tertiary alicyclic amines) is 1. The topological polar surface area (TPSA) is 49.4 Å². The van der Waals surface area contributed by atoms with Crippen LogP contribution >= 0.6 is 11.6 Å². The number of carbonyl (C=O) groups is 2. The molecular formula is C10H14ClF3N2O2. The molecule has 0 spiro atoms. The Morgan fingerprint density at radius 3 is 2.56 bits per heavy atom. The van der Waals surface area contributed by atoms with Gasteiger partial charge in [0.1, 0.15) is 5.88 Å². The van der Waals surface area contributed by atoms with Crippen molar-refractivity contribution in [1.82, 2.24) is 10.2 Å². The fourth-order valence-electron chi connectivity index (χ4n) is 1.92. The zero-order valence-corrected chi connectivity index (χ0v) is 10.4. The van der Waals surface area contributed by atoms with Crippen LogP contribution < -0.4 is 5.32 Å². The number of nitrogens with zero attached hydrogens (tertiary/aromatic N) is 1. The summed E-state index contributed by atoms with van der Waals surface area (Å²) in [6.07, 6.45) is -3.14. The number of halogens is 4. The summed E-state index contributed by atoms with van der Waals surface area (Å²) in [7, 11) is 0. The van der Waals surface area contributed by atoms with E-state index in [0.29, 0.717) is 12.8 Å². The average molecular weight is 287 g/mol. The fraction of sp³-hybridized carbons (Fsp3) is 0.800. The molecule has 18 heavy (non-hydrogen) atoms. The second kappa shape index (κ2) is 6.26. The Balaban J connectivity index is 2.62. The number of piperidine rings is 1. The number of hydrogen-bond acceptors (Lipinski definition) is 2. The third kappa shape index (κ3) is 4.04. The summed E-state index contributed by atoms with van der Waals surface area (Å²) in [5.41, 5.74) is 0. The van der Waals surface area contributed by atoms with Crippen LogP contribution in [-0.2, 0) is 9.59 Å². The molecule has 0 aromatic carbocycles. The van der Waals surface area contributed by atoms with Crippen molar-refractivity contribution in [2.75, 3.05) is 19.0 Å². The van der Waals surface area contributed by atoms with Gasteiger partial charge in [-0.2, -0.15) is 13.2 Å². The van der Waals surface area contributed by atoms with E-state index in [9.17, 15) is 22.8 Å². The summed E-state index contributed by atoms with van der Waals surface area (Å²) < 4.78 is 37.1. The Morgan fingerprint density at radius 2 is 2.00 bits per heavy atom. The van der Waals surface area contributed by atoms with Gasteiger partial charge in [0.15, 0.2) is 0 Å². The first-order valence-electron chi connectivity index (χ1n) is 5.56. The van der Waals surface area contributed by atoms with E-state index in [2.05, 4.69) is 5.32 Å². The molecule has 1 rings (SSSR count). The zero-order chi connectivity index (χ0) is 13.8. The summed E-state index contributed by atoms with van der Waals surface area (Å²) in [5, 5.41) is 2.41. The van der Waals surface area contributed by atoms with Crippen LogP contribution in [0.5, 0.6) is 0 Å². The highest BCUT2D eigenvalue weighted by molar-refractivity contribution is 6.27. The van der Waals surface area contributed by atoms with Crippen molar-refractivity contribution in [2.45, 2.75) is 31.5 Å². The third-order valence-corrected chi connectivity index (χ3v) is 3.03. The molecule has 1 aliphatic rings. The molecule has 1 atom stereocenters. The van der Waals surface area contributed by atoms with E-state index in [-0.39, 0.29) is 19.0 Å². The van der Waals surface area contributed by atoms with Crippen molar-refractivity contribution >= 4 is 23.4 Å². The molecule has 0 radical (unpaired) electrons. The number of amides is 2. The molecule has 0 bridgehead atoms. The summed E-state index contributed by atoms with van der Waals surface area (Å²) >= 11 is 5.27. The summed E-state index contributed by atoms with van der Waals surface area (Å²) in [6, 6.07) is -0.611. The van der Waals surface area contributed by atoms with Crippen molar-refractivity contribution < 1.29 is 22.8 Å². The van der Waals surface area contributed by atoms with Crippen molar-refractivity contribution in [2.24, 2.45) is 0 Å². The summed E-state index contributed by atoms with van der Waals surface area (Å²) in [4.78, 5) is 23.0. The predicted molar refractivity (Wildman–Crippen MR) is 59.1 cm³/mol. The van der Waals surface area contributed by atoms with Crippen molar-refractivity contribution in [3.05, 3.63) is 0 Å². The zero-order valence-electron chi connectivity index (χ0n) is 9.60. The molecule has 1 unspecified atom stereocenters. The van der Waals surface area contributed by atoms with Gasteiger partial charge in [0.25, 0.3) is 0 Å². The van der Waals surface area contributed by atoms with Gasteiger partial charge in [-0.05, 0) is 19.3 Å². The highest BCUT2D eigenvalue weighted by Gasteiger charge is 2.45. The van der Waals surface area contributed by atoms with Crippen LogP contribution in [0.15, 0.2) is 0 Å². The minimum Gasteiger partial charge on any atom is -0.353 e. The Labute approximate surface area is 107 Å². The summed E-state index contributed by atoms with van der Waals surface area (Å²) in [5.74, 6) is -2.55. The van der Waals surface area contributed by atoms with E-state index >= 15 is 0 Å². The lowest BCUT2D eigenvalue weighted by Gasteiger charge is -2.36. The van der Waals surface area contributed by atoms with Crippen molar-refractivity contribution in [3.8, 4) is 0 Å². The van der Waals surface area contributed by atoms with Gasteiger partial charge in [0.2, 0.25) is 5.91 Å². The van der Waals surface area contributed by atoms with E-state index in [1.807, 2.05) is 0 Å². The van der Waals surface area contributed by atoms with Crippen LogP contribution in [0.4, 0.5) is 13.2 Å². The normalized spacial score (nSPS) is 20.7. The largest absolute Gasteiger partial charge is 0.471 e. The number of carbonyl (C=O) groups excluding carboxylic acids is 2. The Hall–Kier alpha value is -0.980. The lowest BCUT2D eigenvalue weighted by Crippen LogP contribution is -2.53. The SMILES string of the molecule is O=C(CCl)NCC1CCCCN1C(=O)C(F)(F)F. The van der Waals surface area contributed by atoms with Gasteiger partial charge in [-0.15, -0.1) is 11.6 Å². The first kappa shape index (κ1) is 15.1. The van der Waals surface area contributed by atoms with E-state index in [0.717, 1.165) is 11.3 Å². The van der Waals surface area contributed by atoms with Crippen LogP contribution in [0.3, 0.4) is 0 Å². The molecule has 1 fully saturated rings. The predicted octanol–water partition coefficient (Wildman–Crippen LogP) is 1.28. The summed E-state index contributed by atoms with van der Waals surface area (Å²) in [6.45, 7) is 0.0765. The number of hydrogen-bond donors (Lipinski definition) is 1. The van der Waals surface area contributed by atoms with Crippen LogP contribution in [0.2, 0.25) is 0 Å². The van der Waals surface area contributed by atoms with Gasteiger partial charge in [-0.3, -0.25) is 9.59 Å². The molecule has 8 heteroatoms. The third-order valence-electron chi connectivity index (χ3n) is 2.79. The van der Waals surface area contributed by atoms with Crippen molar-refractivity contribution in [3.63, 3.8) is 0 Å². The van der Waals surface area contributed by atoms with E-state index in [1.165, 1.54) is 0 Å². The molecule has 4 nitrogen and oxygen atoms in total. The smallest absolute Gasteiger partial charge is 0.353 e. The molecule has 1 saturated heterocycles. The van der Waals surface area contributed by atoms with Crippen LogP contribution in [0.25, 0.3) is 0 Å². The fourth-order valence-corrected chi connectivity index (χ4v) is 2.02. The molecule has 1 N–H and O–H groups in total. The molecule has 0 aromatic rings. The molecule has 1 heterocycles. The standard InChI is InChI=1S/C10H14ClF3N2O2/c11-5-8(17)15-6-7-3-1-2-4-16(7)9(18)10(12,13)14/h7H,1-6H2,(H,15,17). The van der Waals surface area contributed by atoms with Crippen LogP contribution in [0.1, 0.15) is 19.3 Å². The second-order valence-corrected chi connectivity index (χ2v) is 4.35. The lowest BCUT2D eigenvalue weighted by molar-refractivity contribution is -0.189. The van der Waals surface area contributed by atoms with Gasteiger partial charge in [-0.25, -0.2) is 0 Å². The van der Waals surface area contributed by atoms with Gasteiger partial charge < -0.3 is 10.2 Å². The molecule has 0 aromatic heterocycles. The molecular weight excluding hydrogens is 273 g/mol. The molecule has 0 saturated carbocycles. The molecule has 1 aliphatic heterocycles. The van der Waals surface area contributed by atoms with Gasteiger partial charge in [0.05, 0.1) is 0 Å². The maximum atomic E-state index is 12.4. The Kier molecular flexibility index (Phi) is 5.25. The maximum Gasteiger partial charge on any atom is 0.471 e. The lowest BCUT2D eigenvalue weighted by atomic mass is 10.0. The minimum absolute atomic E-state index is 0.00731. The number of nitrogens with one attached hydrogen (secondary N) is 1. The highest BCUT2D eigenvalue weighted by atomic mass is 35.5. The minimum atomic E-state index is -4.87. The van der Waals surface area contributed by atoms with Crippen LogP contribution in [-0.4, -0.2) is 47.9 Å². The number of alkyl halides is 4. The van der Waals surface area contributed by atoms with Gasteiger partial charge >= 0.3 is 12.1 Å². The maximum absolute atomic E-state index is 12.4. The molecule has 2 amide bonds. The average Bonchev–Trinajstić information content (AvgIpc) is 2.34. The molecule has 0 aliphatic carbocycles. The van der Waals surface area contributed by atoms with Crippen LogP contribution in [0, 0.1) is 0 Å². The second-order valence-electron chi connectivity index (χ2n) is 4.08. The first-order chi connectivity index (χ1) is 8.36. The Bertz CT molecular complexity index is 323. The van der Waals surface area contributed by atoms with Crippen molar-refractivity contribution in [1.29, 1.82) is 0 Å². The highest BCUT2D eigenvalue weighted by Crippen LogP contribution is 2.24. The first-order valence-corrected chi connectivity index (χ1v) is 6.10. The Morgan fingerprint density at radius 1 is 1.33 bits per heavy atom. The molecule has 104 valence electrons. The quantitative estimate of drug-likeness (QED) is 0.795. The van der Waals surface area contributed by atoms with E-state index < -0.39 is 24.0 Å².